The minimum Gasteiger partial charge on any atom is -0.497 e. The van der Waals surface area contributed by atoms with Gasteiger partial charge < -0.3 is 19.7 Å². The summed E-state index contributed by atoms with van der Waals surface area (Å²) in [5.41, 5.74) is 0.953. The average molecular weight is 441 g/mol. The molecule has 0 saturated heterocycles. The highest BCUT2D eigenvalue weighted by Crippen LogP contribution is 2.18. The van der Waals surface area contributed by atoms with Gasteiger partial charge in [-0.25, -0.2) is 0 Å². The maximum atomic E-state index is 13.2. The van der Waals surface area contributed by atoms with E-state index in [1.54, 1.807) is 12.0 Å². The summed E-state index contributed by atoms with van der Waals surface area (Å²) < 4.78 is 10.9. The van der Waals surface area contributed by atoms with Crippen molar-refractivity contribution in [3.8, 4) is 11.5 Å². The molecule has 0 aliphatic heterocycles. The second-order valence-electron chi connectivity index (χ2n) is 7.88. The van der Waals surface area contributed by atoms with E-state index in [0.29, 0.717) is 32.4 Å². The first-order valence-electron chi connectivity index (χ1n) is 11.4. The van der Waals surface area contributed by atoms with Gasteiger partial charge in [-0.2, -0.15) is 0 Å². The minimum absolute atomic E-state index is 0.0522. The summed E-state index contributed by atoms with van der Waals surface area (Å²) in [6.45, 7) is 6.75. The van der Waals surface area contributed by atoms with Crippen LogP contribution in [0, 0.1) is 0 Å². The lowest BCUT2D eigenvalue weighted by Crippen LogP contribution is -2.50. The molecule has 2 atom stereocenters. The van der Waals surface area contributed by atoms with E-state index in [4.69, 9.17) is 9.47 Å². The molecule has 0 bridgehead atoms. The molecular weight excluding hydrogens is 404 g/mol. The lowest BCUT2D eigenvalue weighted by atomic mass is 10.1. The first-order chi connectivity index (χ1) is 15.5. The lowest BCUT2D eigenvalue weighted by molar-refractivity contribution is -0.141. The van der Waals surface area contributed by atoms with Crippen LogP contribution < -0.4 is 14.8 Å². The fourth-order valence-electron chi connectivity index (χ4n) is 3.36. The molecule has 0 aliphatic rings. The second-order valence-corrected chi connectivity index (χ2v) is 7.88. The zero-order valence-corrected chi connectivity index (χ0v) is 19.7. The molecule has 0 aliphatic carbocycles. The first-order valence-corrected chi connectivity index (χ1v) is 11.4. The number of para-hydroxylation sites is 1. The zero-order chi connectivity index (χ0) is 23.3. The summed E-state index contributed by atoms with van der Waals surface area (Å²) in [5.74, 6) is 1.38. The number of carbonyl (C=O) groups is 2. The average Bonchev–Trinajstić information content (AvgIpc) is 2.82. The van der Waals surface area contributed by atoms with E-state index in [0.717, 1.165) is 23.5 Å². The van der Waals surface area contributed by atoms with Crippen LogP contribution >= 0.6 is 0 Å². The van der Waals surface area contributed by atoms with Crippen LogP contribution in [-0.2, 0) is 16.1 Å². The first kappa shape index (κ1) is 25.2. The normalized spacial score (nSPS) is 12.5. The van der Waals surface area contributed by atoms with E-state index in [1.807, 2.05) is 75.4 Å². The highest BCUT2D eigenvalue weighted by atomic mass is 16.5. The number of hydrogen-bond acceptors (Lipinski definition) is 4. The van der Waals surface area contributed by atoms with E-state index in [9.17, 15) is 9.59 Å². The van der Waals surface area contributed by atoms with Crippen molar-refractivity contribution >= 4 is 11.8 Å². The highest BCUT2D eigenvalue weighted by Gasteiger charge is 2.28. The van der Waals surface area contributed by atoms with Crippen LogP contribution in [0.5, 0.6) is 11.5 Å². The Balaban J connectivity index is 2.07. The maximum Gasteiger partial charge on any atom is 0.243 e. The van der Waals surface area contributed by atoms with E-state index in [1.165, 1.54) is 0 Å². The van der Waals surface area contributed by atoms with Crippen LogP contribution in [0.15, 0.2) is 54.6 Å². The van der Waals surface area contributed by atoms with Crippen molar-refractivity contribution in [1.82, 2.24) is 10.2 Å². The van der Waals surface area contributed by atoms with Gasteiger partial charge in [0.25, 0.3) is 0 Å². The number of nitrogens with zero attached hydrogens (tertiary/aromatic N) is 1. The van der Waals surface area contributed by atoms with Gasteiger partial charge in [0.2, 0.25) is 11.8 Å². The van der Waals surface area contributed by atoms with Gasteiger partial charge >= 0.3 is 0 Å². The van der Waals surface area contributed by atoms with Crippen molar-refractivity contribution in [2.75, 3.05) is 13.7 Å². The Morgan fingerprint density at radius 1 is 0.969 bits per heavy atom. The van der Waals surface area contributed by atoms with E-state index in [2.05, 4.69) is 5.32 Å². The summed E-state index contributed by atoms with van der Waals surface area (Å²) >= 11 is 0. The molecule has 0 radical (unpaired) electrons. The minimum atomic E-state index is -0.520. The van der Waals surface area contributed by atoms with Gasteiger partial charge in [-0.3, -0.25) is 9.59 Å². The monoisotopic (exact) mass is 440 g/mol. The SMILES string of the molecule is CCC(C)NC(=O)C(CC)N(Cc1ccc(OC)cc1)C(=O)CCCOc1ccccc1. The molecule has 0 heterocycles. The molecular formula is C26H36N2O4. The molecule has 0 spiro atoms. The number of benzene rings is 2. The second kappa shape index (κ2) is 13.4. The van der Waals surface area contributed by atoms with Gasteiger partial charge in [-0.1, -0.05) is 44.2 Å². The molecule has 174 valence electrons. The molecule has 32 heavy (non-hydrogen) atoms. The van der Waals surface area contributed by atoms with Crippen molar-refractivity contribution in [2.24, 2.45) is 0 Å². The largest absolute Gasteiger partial charge is 0.497 e. The van der Waals surface area contributed by atoms with Crippen LogP contribution in [0.3, 0.4) is 0 Å². The van der Waals surface area contributed by atoms with Crippen molar-refractivity contribution in [2.45, 2.75) is 65.1 Å². The van der Waals surface area contributed by atoms with Gasteiger partial charge in [0.1, 0.15) is 17.5 Å². The molecule has 2 aromatic carbocycles. The van der Waals surface area contributed by atoms with Gasteiger partial charge in [0.05, 0.1) is 13.7 Å². The zero-order valence-electron chi connectivity index (χ0n) is 19.7. The third-order valence-electron chi connectivity index (χ3n) is 5.45. The number of ether oxygens (including phenoxy) is 2. The summed E-state index contributed by atoms with van der Waals surface area (Å²) in [6.07, 6.45) is 2.28. The summed E-state index contributed by atoms with van der Waals surface area (Å²) in [7, 11) is 1.62. The van der Waals surface area contributed by atoms with Crippen LogP contribution in [0.1, 0.15) is 52.0 Å². The summed E-state index contributed by atoms with van der Waals surface area (Å²) in [6, 6.07) is 16.7. The molecule has 1 N–H and O–H groups in total. The quantitative estimate of drug-likeness (QED) is 0.463. The van der Waals surface area contributed by atoms with E-state index < -0.39 is 6.04 Å². The Morgan fingerprint density at radius 3 is 2.25 bits per heavy atom. The van der Waals surface area contributed by atoms with E-state index >= 15 is 0 Å². The fraction of sp³-hybridized carbons (Fsp3) is 0.462. The molecule has 6 heteroatoms. The third-order valence-corrected chi connectivity index (χ3v) is 5.45. The Morgan fingerprint density at radius 2 is 1.66 bits per heavy atom. The molecule has 6 nitrogen and oxygen atoms in total. The standard InChI is InChI=1S/C26H36N2O4/c1-5-20(3)27-26(30)24(6-2)28(19-21-14-16-22(31-4)17-15-21)25(29)13-10-18-32-23-11-8-7-9-12-23/h7-9,11-12,14-17,20,24H,5-6,10,13,18-19H2,1-4H3,(H,27,30). The van der Waals surface area contributed by atoms with Gasteiger partial charge in [-0.15, -0.1) is 0 Å². The van der Waals surface area contributed by atoms with Gasteiger partial charge in [0, 0.05) is 19.0 Å². The van der Waals surface area contributed by atoms with Gasteiger partial charge in [0.15, 0.2) is 0 Å². The highest BCUT2D eigenvalue weighted by molar-refractivity contribution is 5.87. The Hall–Kier alpha value is -3.02. The number of amides is 2. The van der Waals surface area contributed by atoms with Crippen LogP contribution in [0.4, 0.5) is 0 Å². The predicted molar refractivity (Wildman–Crippen MR) is 127 cm³/mol. The van der Waals surface area contributed by atoms with Crippen molar-refractivity contribution in [3.05, 3.63) is 60.2 Å². The molecule has 2 unspecified atom stereocenters. The fourth-order valence-corrected chi connectivity index (χ4v) is 3.36. The molecule has 0 fully saturated rings. The molecule has 0 saturated carbocycles. The number of methoxy groups -OCH3 is 1. The lowest BCUT2D eigenvalue weighted by Gasteiger charge is -2.31. The van der Waals surface area contributed by atoms with Crippen LogP contribution in [-0.4, -0.2) is 42.5 Å². The number of carbonyl (C=O) groups excluding carboxylic acids is 2. The van der Waals surface area contributed by atoms with Crippen molar-refractivity contribution < 1.29 is 19.1 Å². The summed E-state index contributed by atoms with van der Waals surface area (Å²) in [4.78, 5) is 27.8. The molecule has 2 aromatic rings. The topological polar surface area (TPSA) is 67.9 Å². The maximum absolute atomic E-state index is 13.2. The van der Waals surface area contributed by atoms with Crippen LogP contribution in [0.25, 0.3) is 0 Å². The summed E-state index contributed by atoms with van der Waals surface area (Å²) in [5, 5.41) is 3.03. The molecule has 0 aromatic heterocycles. The Labute approximate surface area is 191 Å². The third kappa shape index (κ3) is 7.91. The number of rotatable bonds is 13. The smallest absolute Gasteiger partial charge is 0.243 e. The number of nitrogens with one attached hydrogen (secondary N) is 1. The van der Waals surface area contributed by atoms with Crippen LogP contribution in [0.2, 0.25) is 0 Å². The predicted octanol–water partition coefficient (Wildman–Crippen LogP) is 4.58. The van der Waals surface area contributed by atoms with Crippen molar-refractivity contribution in [3.63, 3.8) is 0 Å². The Kier molecular flexibility index (Phi) is 10.6. The van der Waals surface area contributed by atoms with Gasteiger partial charge in [-0.05, 0) is 56.0 Å². The molecule has 2 rings (SSSR count). The van der Waals surface area contributed by atoms with Crippen molar-refractivity contribution in [1.29, 1.82) is 0 Å². The van der Waals surface area contributed by atoms with E-state index in [-0.39, 0.29) is 17.9 Å². The Bertz CT molecular complexity index is 823. The molecule has 2 amide bonds. The number of hydrogen-bond donors (Lipinski definition) is 1.